The molecule has 1 saturated carbocycles. The maximum absolute atomic E-state index is 5.84. The Kier molecular flexibility index (Phi) is 4.14. The number of pyridine rings is 1. The van der Waals surface area contributed by atoms with Crippen LogP contribution in [0.4, 0.5) is 5.69 Å². The minimum absolute atomic E-state index is 0.00911. The Morgan fingerprint density at radius 3 is 2.42 bits per heavy atom. The van der Waals surface area contributed by atoms with Gasteiger partial charge in [-0.3, -0.25) is 4.98 Å². The smallest absolute Gasteiger partial charge is 0.0569 e. The van der Waals surface area contributed by atoms with Gasteiger partial charge in [-0.05, 0) is 50.2 Å². The number of rotatable bonds is 3. The molecule has 1 atom stereocenters. The first-order chi connectivity index (χ1) is 8.89. The summed E-state index contributed by atoms with van der Waals surface area (Å²) < 4.78 is 0. The molecule has 0 radical (unpaired) electrons. The highest BCUT2D eigenvalue weighted by atomic mass is 15.1. The Hall–Kier alpha value is -1.09. The Balaban J connectivity index is 2.02. The Bertz CT molecular complexity index is 399. The molecule has 1 aromatic heterocycles. The molecule has 19 heavy (non-hydrogen) atoms. The van der Waals surface area contributed by atoms with Crippen molar-refractivity contribution in [3.8, 4) is 0 Å². The van der Waals surface area contributed by atoms with Gasteiger partial charge in [0.2, 0.25) is 0 Å². The van der Waals surface area contributed by atoms with Crippen LogP contribution in [-0.4, -0.2) is 18.1 Å². The van der Waals surface area contributed by atoms with Gasteiger partial charge in [0.15, 0.2) is 0 Å². The molecule has 1 aliphatic rings. The third-order valence-electron chi connectivity index (χ3n) is 4.50. The van der Waals surface area contributed by atoms with Gasteiger partial charge < -0.3 is 10.6 Å². The minimum atomic E-state index is 0.00911. The van der Waals surface area contributed by atoms with E-state index in [1.54, 1.807) is 0 Å². The predicted octanol–water partition coefficient (Wildman–Crippen LogP) is 3.51. The molecular weight excluding hydrogens is 234 g/mol. The highest BCUT2D eigenvalue weighted by Crippen LogP contribution is 2.37. The molecule has 3 nitrogen and oxygen atoms in total. The quantitative estimate of drug-likeness (QED) is 0.905. The number of hydrogen-bond donors (Lipinski definition) is 1. The summed E-state index contributed by atoms with van der Waals surface area (Å²) >= 11 is 0. The van der Waals surface area contributed by atoms with E-state index >= 15 is 0 Å². The van der Waals surface area contributed by atoms with Crippen molar-refractivity contribution in [3.63, 3.8) is 0 Å². The summed E-state index contributed by atoms with van der Waals surface area (Å²) in [6, 6.07) is 4.85. The van der Waals surface area contributed by atoms with Gasteiger partial charge in [-0.2, -0.15) is 0 Å². The maximum Gasteiger partial charge on any atom is 0.0569 e. The summed E-state index contributed by atoms with van der Waals surface area (Å²) in [4.78, 5) is 6.84. The van der Waals surface area contributed by atoms with Crippen LogP contribution in [0.15, 0.2) is 18.3 Å². The second-order valence-electron chi connectivity index (χ2n) is 6.74. The molecule has 0 aromatic carbocycles. The molecular formula is C16H27N3. The molecule has 106 valence electrons. The topological polar surface area (TPSA) is 42.1 Å². The zero-order chi connectivity index (χ0) is 14.0. The molecule has 1 unspecified atom stereocenters. The summed E-state index contributed by atoms with van der Waals surface area (Å²) in [5, 5.41) is 0. The molecule has 0 bridgehead atoms. The van der Waals surface area contributed by atoms with Gasteiger partial charge in [0.25, 0.3) is 0 Å². The average Bonchev–Trinajstić information content (AvgIpc) is 2.38. The molecule has 2 rings (SSSR count). The Labute approximate surface area is 117 Å². The molecule has 0 amide bonds. The van der Waals surface area contributed by atoms with Crippen molar-refractivity contribution in [3.05, 3.63) is 24.0 Å². The summed E-state index contributed by atoms with van der Waals surface area (Å²) in [7, 11) is 2.19. The first-order valence-electron chi connectivity index (χ1n) is 7.33. The first kappa shape index (κ1) is 14.3. The molecule has 0 saturated heterocycles. The number of nitrogens with two attached hydrogens (primary N) is 1. The lowest BCUT2D eigenvalue weighted by molar-refractivity contribution is 0.222. The second kappa shape index (κ2) is 5.49. The molecule has 1 aliphatic carbocycles. The van der Waals surface area contributed by atoms with E-state index in [-0.39, 0.29) is 6.04 Å². The van der Waals surface area contributed by atoms with Crippen LogP contribution in [0, 0.1) is 5.41 Å². The van der Waals surface area contributed by atoms with Crippen molar-refractivity contribution >= 4 is 5.69 Å². The fraction of sp³-hybridized carbons (Fsp3) is 0.688. The normalized spacial score (nSPS) is 21.1. The van der Waals surface area contributed by atoms with E-state index in [0.29, 0.717) is 11.5 Å². The average molecular weight is 261 g/mol. The SMILES string of the molecule is CC(N)c1ccc(N(C)C2CCC(C)(C)CC2)cn1. The Morgan fingerprint density at radius 2 is 1.95 bits per heavy atom. The number of hydrogen-bond acceptors (Lipinski definition) is 3. The van der Waals surface area contributed by atoms with Crippen LogP contribution in [0.2, 0.25) is 0 Å². The van der Waals surface area contributed by atoms with Crippen molar-refractivity contribution in [1.29, 1.82) is 0 Å². The van der Waals surface area contributed by atoms with Crippen LogP contribution < -0.4 is 10.6 Å². The summed E-state index contributed by atoms with van der Waals surface area (Å²) in [6.45, 7) is 6.72. The highest BCUT2D eigenvalue weighted by Gasteiger charge is 2.28. The van der Waals surface area contributed by atoms with Crippen molar-refractivity contribution < 1.29 is 0 Å². The van der Waals surface area contributed by atoms with E-state index in [4.69, 9.17) is 5.73 Å². The van der Waals surface area contributed by atoms with Crippen molar-refractivity contribution in [2.24, 2.45) is 11.1 Å². The first-order valence-corrected chi connectivity index (χ1v) is 7.33. The van der Waals surface area contributed by atoms with Gasteiger partial charge >= 0.3 is 0 Å². The zero-order valence-electron chi connectivity index (χ0n) is 12.7. The van der Waals surface area contributed by atoms with Gasteiger partial charge in [-0.15, -0.1) is 0 Å². The Morgan fingerprint density at radius 1 is 1.32 bits per heavy atom. The van der Waals surface area contributed by atoms with Crippen LogP contribution in [0.3, 0.4) is 0 Å². The predicted molar refractivity (Wildman–Crippen MR) is 81.3 cm³/mol. The van der Waals surface area contributed by atoms with Crippen LogP contribution in [0.1, 0.15) is 58.2 Å². The monoisotopic (exact) mass is 261 g/mol. The minimum Gasteiger partial charge on any atom is -0.370 e. The van der Waals surface area contributed by atoms with E-state index in [1.165, 1.54) is 31.4 Å². The summed E-state index contributed by atoms with van der Waals surface area (Å²) in [6.07, 6.45) is 7.14. The second-order valence-corrected chi connectivity index (χ2v) is 6.74. The van der Waals surface area contributed by atoms with Gasteiger partial charge in [0.05, 0.1) is 17.6 Å². The van der Waals surface area contributed by atoms with E-state index in [9.17, 15) is 0 Å². The molecule has 3 heteroatoms. The lowest BCUT2D eigenvalue weighted by atomic mass is 9.75. The molecule has 2 N–H and O–H groups in total. The van der Waals surface area contributed by atoms with Crippen molar-refractivity contribution in [1.82, 2.24) is 4.98 Å². The largest absolute Gasteiger partial charge is 0.370 e. The zero-order valence-corrected chi connectivity index (χ0v) is 12.7. The van der Waals surface area contributed by atoms with E-state index < -0.39 is 0 Å². The third kappa shape index (κ3) is 3.47. The lowest BCUT2D eigenvalue weighted by Crippen LogP contribution is -2.37. The summed E-state index contributed by atoms with van der Waals surface area (Å²) in [5.41, 5.74) is 8.52. The van der Waals surface area contributed by atoms with Crippen LogP contribution in [0.25, 0.3) is 0 Å². The van der Waals surface area contributed by atoms with Crippen molar-refractivity contribution in [2.45, 2.75) is 58.5 Å². The number of nitrogens with zero attached hydrogens (tertiary/aromatic N) is 2. The van der Waals surface area contributed by atoms with Crippen LogP contribution >= 0.6 is 0 Å². The number of anilines is 1. The fourth-order valence-electron chi connectivity index (χ4n) is 2.86. The fourth-order valence-corrected chi connectivity index (χ4v) is 2.86. The van der Waals surface area contributed by atoms with Crippen molar-refractivity contribution in [2.75, 3.05) is 11.9 Å². The third-order valence-corrected chi connectivity index (χ3v) is 4.50. The van der Waals surface area contributed by atoms with Crippen LogP contribution in [0.5, 0.6) is 0 Å². The van der Waals surface area contributed by atoms with Gasteiger partial charge in [0, 0.05) is 19.1 Å². The standard InChI is InChI=1S/C16H27N3/c1-12(17)15-6-5-14(11-18-15)19(4)13-7-9-16(2,3)10-8-13/h5-6,11-13H,7-10,17H2,1-4H3. The molecule has 1 aromatic rings. The molecule has 0 aliphatic heterocycles. The molecule has 0 spiro atoms. The van der Waals surface area contributed by atoms with E-state index in [2.05, 4.69) is 36.8 Å². The highest BCUT2D eigenvalue weighted by molar-refractivity contribution is 5.45. The molecule has 1 fully saturated rings. The van der Waals surface area contributed by atoms with Gasteiger partial charge in [0.1, 0.15) is 0 Å². The van der Waals surface area contributed by atoms with Crippen LogP contribution in [-0.2, 0) is 0 Å². The van der Waals surface area contributed by atoms with Gasteiger partial charge in [-0.25, -0.2) is 0 Å². The van der Waals surface area contributed by atoms with E-state index in [1.807, 2.05) is 19.2 Å². The van der Waals surface area contributed by atoms with Gasteiger partial charge in [-0.1, -0.05) is 13.8 Å². The summed E-state index contributed by atoms with van der Waals surface area (Å²) in [5.74, 6) is 0. The van der Waals surface area contributed by atoms with E-state index in [0.717, 1.165) is 5.69 Å². The lowest BCUT2D eigenvalue weighted by Gasteiger charge is -2.39. The number of aromatic nitrogens is 1. The maximum atomic E-state index is 5.84. The molecule has 1 heterocycles.